The number of aromatic nitrogens is 3. The monoisotopic (exact) mass is 454 g/mol. The molecule has 0 radical (unpaired) electrons. The van der Waals surface area contributed by atoms with Gasteiger partial charge in [-0.25, -0.2) is 9.97 Å². The summed E-state index contributed by atoms with van der Waals surface area (Å²) in [6.45, 7) is 2.04. The maximum Gasteiger partial charge on any atom is 0.161 e. The van der Waals surface area contributed by atoms with Gasteiger partial charge in [-0.3, -0.25) is 0 Å². The van der Waals surface area contributed by atoms with E-state index in [2.05, 4.69) is 101 Å². The Labute approximate surface area is 204 Å². The Kier molecular flexibility index (Phi) is 4.85. The van der Waals surface area contributed by atoms with Gasteiger partial charge >= 0.3 is 0 Å². The minimum atomic E-state index is 0.370. The Morgan fingerprint density at radius 2 is 1.49 bits per heavy atom. The second-order valence-electron chi connectivity index (χ2n) is 9.41. The fourth-order valence-corrected chi connectivity index (χ4v) is 5.60. The van der Waals surface area contributed by atoms with E-state index in [0.29, 0.717) is 6.04 Å². The highest BCUT2D eigenvalue weighted by molar-refractivity contribution is 5.99. The molecule has 0 aliphatic carbocycles. The summed E-state index contributed by atoms with van der Waals surface area (Å²) in [7, 11) is 0. The quantitative estimate of drug-likeness (QED) is 0.313. The molecule has 1 aliphatic rings. The van der Waals surface area contributed by atoms with Gasteiger partial charge < -0.3 is 9.88 Å². The van der Waals surface area contributed by atoms with Gasteiger partial charge in [0, 0.05) is 23.4 Å². The predicted octanol–water partition coefficient (Wildman–Crippen LogP) is 7.00. The molecule has 2 aromatic heterocycles. The van der Waals surface area contributed by atoms with Crippen molar-refractivity contribution in [3.63, 3.8) is 0 Å². The lowest BCUT2D eigenvalue weighted by atomic mass is 10.0. The van der Waals surface area contributed by atoms with Crippen LogP contribution in [0, 0.1) is 0 Å². The Hall–Kier alpha value is -4.02. The third-order valence-electron chi connectivity index (χ3n) is 7.34. The van der Waals surface area contributed by atoms with Crippen LogP contribution in [0.25, 0.3) is 55.2 Å². The van der Waals surface area contributed by atoms with Crippen molar-refractivity contribution in [2.24, 2.45) is 0 Å². The molecule has 1 N–H and O–H groups in total. The van der Waals surface area contributed by atoms with Crippen molar-refractivity contribution < 1.29 is 0 Å². The topological polar surface area (TPSA) is 42.7 Å². The van der Waals surface area contributed by atoms with Gasteiger partial charge in [-0.15, -0.1) is 0 Å². The van der Waals surface area contributed by atoms with Crippen LogP contribution in [0.15, 0.2) is 97.2 Å². The zero-order chi connectivity index (χ0) is 23.2. The van der Waals surface area contributed by atoms with E-state index in [1.54, 1.807) is 0 Å². The number of pyridine rings is 1. The minimum Gasteiger partial charge on any atom is -0.317 e. The first-order valence-electron chi connectivity index (χ1n) is 12.4. The fraction of sp³-hybridized carbons (Fsp3) is 0.161. The molecule has 3 heterocycles. The van der Waals surface area contributed by atoms with Crippen molar-refractivity contribution >= 4 is 32.7 Å². The fourth-order valence-electron chi connectivity index (χ4n) is 5.60. The van der Waals surface area contributed by atoms with Crippen molar-refractivity contribution in [1.82, 2.24) is 19.9 Å². The Bertz CT molecular complexity index is 1690. The van der Waals surface area contributed by atoms with Gasteiger partial charge in [0.2, 0.25) is 0 Å². The number of piperidine rings is 1. The predicted molar refractivity (Wildman–Crippen MR) is 145 cm³/mol. The van der Waals surface area contributed by atoms with E-state index in [-0.39, 0.29) is 0 Å². The third kappa shape index (κ3) is 3.41. The molecule has 0 atom stereocenters. The Balaban J connectivity index is 1.51. The van der Waals surface area contributed by atoms with E-state index in [1.807, 2.05) is 6.20 Å². The number of hydrogen-bond donors (Lipinski definition) is 1. The van der Waals surface area contributed by atoms with E-state index in [9.17, 15) is 0 Å². The molecule has 4 heteroatoms. The third-order valence-corrected chi connectivity index (χ3v) is 7.34. The maximum atomic E-state index is 5.34. The van der Waals surface area contributed by atoms with Gasteiger partial charge in [0.25, 0.3) is 0 Å². The average molecular weight is 455 g/mol. The number of nitrogens with one attached hydrogen (secondary N) is 1. The maximum absolute atomic E-state index is 5.34. The highest BCUT2D eigenvalue weighted by Crippen LogP contribution is 2.38. The second-order valence-corrected chi connectivity index (χ2v) is 9.41. The summed E-state index contributed by atoms with van der Waals surface area (Å²) >= 11 is 0. The molecule has 7 rings (SSSR count). The zero-order valence-electron chi connectivity index (χ0n) is 19.5. The van der Waals surface area contributed by atoms with Crippen LogP contribution in [0.2, 0.25) is 0 Å². The molecule has 0 saturated carbocycles. The van der Waals surface area contributed by atoms with Gasteiger partial charge in [0.05, 0.1) is 0 Å². The molecule has 0 amide bonds. The lowest BCUT2D eigenvalue weighted by Gasteiger charge is -2.26. The van der Waals surface area contributed by atoms with Crippen molar-refractivity contribution in [3.05, 3.63) is 97.2 Å². The molecule has 170 valence electrons. The number of imidazole rings is 1. The molecule has 0 unspecified atom stereocenters. The number of benzene rings is 4. The molecule has 4 nitrogen and oxygen atoms in total. The molecule has 0 bridgehead atoms. The average Bonchev–Trinajstić information content (AvgIpc) is 3.32. The smallest absolute Gasteiger partial charge is 0.161 e. The van der Waals surface area contributed by atoms with Crippen molar-refractivity contribution in [1.29, 1.82) is 0 Å². The van der Waals surface area contributed by atoms with E-state index in [0.717, 1.165) is 48.5 Å². The molecule has 1 aliphatic heterocycles. The lowest BCUT2D eigenvalue weighted by Crippen LogP contribution is -2.29. The van der Waals surface area contributed by atoms with Gasteiger partial charge in [-0.05, 0) is 65.2 Å². The molecule has 6 aromatic rings. The van der Waals surface area contributed by atoms with E-state index in [1.165, 1.54) is 32.7 Å². The SMILES string of the molecule is c1ccc2cc(-c3ccnc4c3nc(-c3cccc5ccccc35)n4C3CCNCC3)ccc2c1. The molecule has 1 saturated heterocycles. The van der Waals surface area contributed by atoms with Gasteiger partial charge in [-0.2, -0.15) is 0 Å². The highest BCUT2D eigenvalue weighted by Gasteiger charge is 2.25. The normalized spacial score (nSPS) is 14.7. The van der Waals surface area contributed by atoms with Crippen LogP contribution in [0.3, 0.4) is 0 Å². The summed E-state index contributed by atoms with van der Waals surface area (Å²) in [5.41, 5.74) is 5.43. The van der Waals surface area contributed by atoms with Gasteiger partial charge in [0.1, 0.15) is 11.3 Å². The highest BCUT2D eigenvalue weighted by atomic mass is 15.2. The summed E-state index contributed by atoms with van der Waals surface area (Å²) in [5, 5.41) is 8.46. The van der Waals surface area contributed by atoms with Crippen LogP contribution in [-0.2, 0) is 0 Å². The van der Waals surface area contributed by atoms with Crippen LogP contribution in [0.4, 0.5) is 0 Å². The largest absolute Gasteiger partial charge is 0.317 e. The second kappa shape index (κ2) is 8.33. The summed E-state index contributed by atoms with van der Waals surface area (Å²) in [6.07, 6.45) is 4.09. The number of nitrogens with zero attached hydrogens (tertiary/aromatic N) is 3. The van der Waals surface area contributed by atoms with Crippen molar-refractivity contribution in [2.75, 3.05) is 13.1 Å². The summed E-state index contributed by atoms with van der Waals surface area (Å²) < 4.78 is 2.42. The molecular formula is C31H26N4. The minimum absolute atomic E-state index is 0.370. The van der Waals surface area contributed by atoms with Crippen LogP contribution in [0.5, 0.6) is 0 Å². The van der Waals surface area contributed by atoms with E-state index >= 15 is 0 Å². The Morgan fingerprint density at radius 1 is 0.714 bits per heavy atom. The first-order chi connectivity index (χ1) is 17.4. The van der Waals surface area contributed by atoms with Crippen LogP contribution >= 0.6 is 0 Å². The lowest BCUT2D eigenvalue weighted by molar-refractivity contribution is 0.376. The Morgan fingerprint density at radius 3 is 2.37 bits per heavy atom. The molecule has 0 spiro atoms. The molecular weight excluding hydrogens is 428 g/mol. The summed E-state index contributed by atoms with van der Waals surface area (Å²) in [4.78, 5) is 10.3. The van der Waals surface area contributed by atoms with Crippen LogP contribution in [0.1, 0.15) is 18.9 Å². The number of fused-ring (bicyclic) bond motifs is 3. The van der Waals surface area contributed by atoms with Gasteiger partial charge in [-0.1, -0.05) is 78.9 Å². The zero-order valence-corrected chi connectivity index (χ0v) is 19.5. The van der Waals surface area contributed by atoms with Crippen LogP contribution in [-0.4, -0.2) is 27.6 Å². The summed E-state index contributed by atoms with van der Waals surface area (Å²) in [5.74, 6) is 1.02. The van der Waals surface area contributed by atoms with Crippen LogP contribution < -0.4 is 5.32 Å². The standard InChI is InChI=1S/C31H26N4/c1-2-8-23-20-24(13-12-21(23)6-1)27-16-19-33-31-29(27)34-30(35(31)25-14-17-32-18-15-25)28-11-5-9-22-7-3-4-10-26(22)28/h1-13,16,19-20,25,32H,14-15,17-18H2. The molecule has 1 fully saturated rings. The number of hydrogen-bond acceptors (Lipinski definition) is 3. The van der Waals surface area contributed by atoms with E-state index < -0.39 is 0 Å². The van der Waals surface area contributed by atoms with Crippen molar-refractivity contribution in [3.8, 4) is 22.5 Å². The van der Waals surface area contributed by atoms with E-state index in [4.69, 9.17) is 9.97 Å². The first-order valence-corrected chi connectivity index (χ1v) is 12.4. The van der Waals surface area contributed by atoms with Gasteiger partial charge in [0.15, 0.2) is 5.65 Å². The molecule has 4 aromatic carbocycles. The molecule has 35 heavy (non-hydrogen) atoms. The summed E-state index contributed by atoms with van der Waals surface area (Å²) in [6, 6.07) is 32.8. The first kappa shape index (κ1) is 20.4. The van der Waals surface area contributed by atoms with Crippen molar-refractivity contribution in [2.45, 2.75) is 18.9 Å². The number of rotatable bonds is 3.